The van der Waals surface area contributed by atoms with Crippen LogP contribution in [0.3, 0.4) is 0 Å². The summed E-state index contributed by atoms with van der Waals surface area (Å²) in [4.78, 5) is 27.1. The molecule has 0 unspecified atom stereocenters. The van der Waals surface area contributed by atoms with Gasteiger partial charge in [0.2, 0.25) is 17.8 Å². The van der Waals surface area contributed by atoms with Crippen molar-refractivity contribution in [3.05, 3.63) is 65.2 Å². The monoisotopic (exact) mass is 653 g/mol. The van der Waals surface area contributed by atoms with Gasteiger partial charge in [0.1, 0.15) is 6.10 Å². The van der Waals surface area contributed by atoms with Crippen LogP contribution in [0.15, 0.2) is 53.4 Å². The molecule has 3 aliphatic rings. The summed E-state index contributed by atoms with van der Waals surface area (Å²) in [7, 11) is -4.16. The second-order valence-corrected chi connectivity index (χ2v) is 14.9. The Morgan fingerprint density at radius 2 is 1.72 bits per heavy atom. The number of carbonyl (C=O) groups is 1. The average Bonchev–Trinajstić information content (AvgIpc) is 3.15. The molecule has 46 heavy (non-hydrogen) atoms. The van der Waals surface area contributed by atoms with E-state index < -0.39 is 22.0 Å². The highest BCUT2D eigenvalue weighted by Crippen LogP contribution is 2.38. The second-order valence-electron chi connectivity index (χ2n) is 13.2. The third-order valence-corrected chi connectivity index (χ3v) is 10.7. The van der Waals surface area contributed by atoms with E-state index in [0.29, 0.717) is 38.0 Å². The van der Waals surface area contributed by atoms with E-state index >= 15 is 0 Å². The van der Waals surface area contributed by atoms with Crippen molar-refractivity contribution < 1.29 is 26.7 Å². The minimum atomic E-state index is -4.16. The number of nitrogens with zero attached hydrogens (tertiary/aromatic N) is 4. The Labute approximate surface area is 269 Å². The molecule has 12 heteroatoms. The fraction of sp³-hybridized carbons (Fsp3) is 0.500. The van der Waals surface area contributed by atoms with Gasteiger partial charge in [0, 0.05) is 55.2 Å². The van der Waals surface area contributed by atoms with Crippen LogP contribution in [0.2, 0.25) is 0 Å². The standard InChI is InChI=1S/C34H41F2N5O4S/c1-21(2)17-28-29-20-40(15-16-41(28)25-11-13-34(35,36)14-12-25)32(42)24-9-6-10-26(18-24)46(43,44)39-33-37-27(19-30(38-33)45-29)31-22(3)7-5-8-23(31)4/h5-10,18-19,21,25,28-29H,11-17,20H2,1-4H3,(H,37,38,39)/t28-,29+/m1/s1. The van der Waals surface area contributed by atoms with Gasteiger partial charge in [0.25, 0.3) is 15.9 Å². The lowest BCUT2D eigenvalue weighted by atomic mass is 9.88. The molecule has 1 amide bonds. The Balaban J connectivity index is 1.50. The van der Waals surface area contributed by atoms with Gasteiger partial charge in [-0.05, 0) is 68.4 Å². The summed E-state index contributed by atoms with van der Waals surface area (Å²) in [6.45, 7) is 9.20. The fourth-order valence-corrected chi connectivity index (χ4v) is 8.11. The van der Waals surface area contributed by atoms with Crippen LogP contribution in [0, 0.1) is 19.8 Å². The lowest BCUT2D eigenvalue weighted by molar-refractivity contribution is -0.0647. The number of hydrogen-bond donors (Lipinski definition) is 1. The maximum atomic E-state index is 14.3. The number of amides is 1. The summed E-state index contributed by atoms with van der Waals surface area (Å²) in [6.07, 6.45) is 0.519. The number of sulfonamides is 1. The van der Waals surface area contributed by atoms with E-state index in [2.05, 4.69) is 33.4 Å². The summed E-state index contributed by atoms with van der Waals surface area (Å²) in [5.74, 6) is -2.72. The van der Waals surface area contributed by atoms with E-state index in [0.717, 1.165) is 16.7 Å². The first-order valence-corrected chi connectivity index (χ1v) is 17.5. The first-order chi connectivity index (χ1) is 21.8. The average molecular weight is 654 g/mol. The van der Waals surface area contributed by atoms with Crippen LogP contribution in [-0.2, 0) is 10.0 Å². The fourth-order valence-electron chi connectivity index (χ4n) is 7.12. The van der Waals surface area contributed by atoms with Crippen molar-refractivity contribution in [1.29, 1.82) is 0 Å². The van der Waals surface area contributed by atoms with Gasteiger partial charge in [-0.3, -0.25) is 9.69 Å². The van der Waals surface area contributed by atoms with E-state index in [1.54, 1.807) is 23.1 Å². The molecule has 0 radical (unpaired) electrons. The molecular weight excluding hydrogens is 612 g/mol. The summed E-state index contributed by atoms with van der Waals surface area (Å²) >= 11 is 0. The predicted molar refractivity (Wildman–Crippen MR) is 172 cm³/mol. The van der Waals surface area contributed by atoms with E-state index in [9.17, 15) is 22.0 Å². The maximum absolute atomic E-state index is 14.3. The molecule has 2 fully saturated rings. The SMILES string of the molecule is Cc1cccc(C)c1-c1cc2nc(n1)NS(=O)(=O)c1cccc(c1)C(=O)N1CCN(C3CCC(F)(F)CC3)[C@H](CC(C)C)[C@H](C1)O2. The number of hydrogen-bond acceptors (Lipinski definition) is 7. The summed E-state index contributed by atoms with van der Waals surface area (Å²) in [5.41, 5.74) is 3.47. The molecule has 6 rings (SSSR count). The van der Waals surface area contributed by atoms with Crippen LogP contribution in [-0.4, -0.2) is 77.8 Å². The van der Waals surface area contributed by atoms with Gasteiger partial charge in [-0.1, -0.05) is 38.1 Å². The predicted octanol–water partition coefficient (Wildman–Crippen LogP) is 6.07. The molecule has 2 atom stereocenters. The number of alkyl halides is 2. The minimum Gasteiger partial charge on any atom is -0.471 e. The minimum absolute atomic E-state index is 0.0790. The lowest BCUT2D eigenvalue weighted by Crippen LogP contribution is -2.53. The largest absolute Gasteiger partial charge is 0.471 e. The highest BCUT2D eigenvalue weighted by atomic mass is 32.2. The first-order valence-electron chi connectivity index (χ1n) is 16.0. The molecule has 1 N–H and O–H groups in total. The third kappa shape index (κ3) is 6.73. The van der Waals surface area contributed by atoms with Crippen LogP contribution < -0.4 is 9.46 Å². The van der Waals surface area contributed by atoms with E-state index in [-0.39, 0.29) is 65.6 Å². The topological polar surface area (TPSA) is 105 Å². The van der Waals surface area contributed by atoms with Gasteiger partial charge in [-0.25, -0.2) is 26.9 Å². The Kier molecular flexibility index (Phi) is 8.79. The number of carbonyl (C=O) groups excluding carboxylic acids is 1. The van der Waals surface area contributed by atoms with Crippen molar-refractivity contribution in [3.63, 3.8) is 0 Å². The number of ether oxygens (including phenoxy) is 1. The van der Waals surface area contributed by atoms with Crippen LogP contribution >= 0.6 is 0 Å². The molecule has 9 nitrogen and oxygen atoms in total. The number of halogens is 2. The zero-order valence-electron chi connectivity index (χ0n) is 26.7. The van der Waals surface area contributed by atoms with Gasteiger partial charge >= 0.3 is 0 Å². The van der Waals surface area contributed by atoms with E-state index in [1.807, 2.05) is 32.0 Å². The van der Waals surface area contributed by atoms with Crippen molar-refractivity contribution in [2.75, 3.05) is 24.4 Å². The van der Waals surface area contributed by atoms with E-state index in [4.69, 9.17) is 4.74 Å². The van der Waals surface area contributed by atoms with Gasteiger partial charge < -0.3 is 9.64 Å². The summed E-state index contributed by atoms with van der Waals surface area (Å²) in [6, 6.07) is 13.2. The summed E-state index contributed by atoms with van der Waals surface area (Å²) < 4.78 is 64.9. The van der Waals surface area contributed by atoms with E-state index in [1.165, 1.54) is 12.1 Å². The van der Waals surface area contributed by atoms with Crippen molar-refractivity contribution in [2.45, 2.75) is 88.8 Å². The molecular formula is C34H41F2N5O4S. The van der Waals surface area contributed by atoms with Crippen LogP contribution in [0.1, 0.15) is 67.4 Å². The summed E-state index contributed by atoms with van der Waals surface area (Å²) in [5, 5.41) is 0. The Morgan fingerprint density at radius 3 is 2.41 bits per heavy atom. The van der Waals surface area contributed by atoms with Crippen molar-refractivity contribution in [3.8, 4) is 17.1 Å². The maximum Gasteiger partial charge on any atom is 0.264 e. The second kappa shape index (κ2) is 12.5. The number of rotatable bonds is 4. The molecule has 3 aromatic rings. The quantitative estimate of drug-likeness (QED) is 0.364. The normalized spacial score (nSPS) is 23.4. The molecule has 1 aliphatic carbocycles. The number of benzene rings is 2. The molecule has 6 bridgehead atoms. The van der Waals surface area contributed by atoms with Crippen molar-refractivity contribution in [1.82, 2.24) is 19.8 Å². The highest BCUT2D eigenvalue weighted by molar-refractivity contribution is 7.92. The van der Waals surface area contributed by atoms with Crippen LogP contribution in [0.4, 0.5) is 14.7 Å². The zero-order valence-corrected chi connectivity index (χ0v) is 27.5. The molecule has 1 saturated heterocycles. The molecule has 246 valence electrons. The highest BCUT2D eigenvalue weighted by Gasteiger charge is 2.43. The smallest absolute Gasteiger partial charge is 0.264 e. The zero-order chi connectivity index (χ0) is 32.8. The number of aromatic nitrogens is 2. The number of anilines is 1. The van der Waals surface area contributed by atoms with Gasteiger partial charge in [0.15, 0.2) is 0 Å². The Hall–Kier alpha value is -3.64. The molecule has 1 aromatic heterocycles. The molecule has 2 aromatic carbocycles. The Bertz CT molecular complexity index is 1700. The van der Waals surface area contributed by atoms with Gasteiger partial charge in [-0.2, -0.15) is 4.98 Å². The number of aryl methyl sites for hydroxylation is 2. The molecule has 1 saturated carbocycles. The Morgan fingerprint density at radius 1 is 1.02 bits per heavy atom. The van der Waals surface area contributed by atoms with Crippen LogP contribution in [0.25, 0.3) is 11.3 Å². The molecule has 3 heterocycles. The molecule has 2 aliphatic heterocycles. The van der Waals surface area contributed by atoms with Gasteiger partial charge in [-0.15, -0.1) is 0 Å². The molecule has 0 spiro atoms. The van der Waals surface area contributed by atoms with Gasteiger partial charge in [0.05, 0.1) is 17.1 Å². The third-order valence-electron chi connectivity index (χ3n) is 9.37. The van der Waals surface area contributed by atoms with Crippen molar-refractivity contribution >= 4 is 21.9 Å². The first kappa shape index (κ1) is 32.3. The lowest BCUT2D eigenvalue weighted by Gasteiger charge is -2.43. The number of nitrogens with one attached hydrogen (secondary N) is 1. The van der Waals surface area contributed by atoms with Crippen LogP contribution in [0.5, 0.6) is 5.88 Å². The number of fused-ring (bicyclic) bond motifs is 6. The van der Waals surface area contributed by atoms with Crippen molar-refractivity contribution in [2.24, 2.45) is 5.92 Å².